The molecule has 6 rings (SSSR count). The molecule has 2 aromatic carbocycles. The number of esters is 1. The molecule has 4 aromatic rings. The molecule has 1 saturated carbocycles. The lowest BCUT2D eigenvalue weighted by molar-refractivity contribution is -0.152. The first-order valence-electron chi connectivity index (χ1n) is 15.7. The average molecular weight is 666 g/mol. The van der Waals surface area contributed by atoms with Crippen LogP contribution < -0.4 is 15.3 Å². The van der Waals surface area contributed by atoms with E-state index in [0.29, 0.717) is 11.4 Å². The molecule has 14 heteroatoms. The maximum Gasteiger partial charge on any atom is 0.459 e. The van der Waals surface area contributed by atoms with E-state index in [1.54, 1.807) is 42.5 Å². The molecular weight excluding hydrogens is 625 g/mol. The minimum atomic E-state index is -4.29. The minimum Gasteiger partial charge on any atom is -0.461 e. The predicted molar refractivity (Wildman–Crippen MR) is 172 cm³/mol. The van der Waals surface area contributed by atoms with Gasteiger partial charge in [0.05, 0.1) is 18.9 Å². The highest BCUT2D eigenvalue weighted by Crippen LogP contribution is 2.48. The second kappa shape index (κ2) is 13.3. The van der Waals surface area contributed by atoms with Crippen LogP contribution in [0.5, 0.6) is 5.75 Å². The number of benzene rings is 2. The Balaban J connectivity index is 1.12. The number of carbonyl (C=O) groups excluding carboxylic acids is 1. The molecule has 250 valence electrons. The molecule has 0 bridgehead atoms. The lowest BCUT2D eigenvalue weighted by atomic mass is 9.83. The number of nitrogens with two attached hydrogens (primary N) is 1. The quantitative estimate of drug-likeness (QED) is 0.133. The van der Waals surface area contributed by atoms with Crippen LogP contribution in [-0.2, 0) is 29.0 Å². The SMILES string of the molecule is C[C@H](NP(=O)(OC[C@@]1(C)OC[C@@](O)(c2ccc3c(N)ncnn23)[C@@H]1O)Oc1ccccc1)C(=O)OC1CCC(c2ccccc2)CC1. The van der Waals surface area contributed by atoms with Gasteiger partial charge in [0.15, 0.2) is 11.4 Å². The maximum atomic E-state index is 14.2. The Labute approximate surface area is 272 Å². The Morgan fingerprint density at radius 3 is 2.49 bits per heavy atom. The summed E-state index contributed by atoms with van der Waals surface area (Å²) in [6.45, 7) is 2.25. The summed E-state index contributed by atoms with van der Waals surface area (Å²) < 4.78 is 38.9. The van der Waals surface area contributed by atoms with Gasteiger partial charge in [-0.3, -0.25) is 9.32 Å². The highest BCUT2D eigenvalue weighted by atomic mass is 31.2. The standard InChI is InChI=1S/C33H40N5O8P/c1-22(30(39)45-25-15-13-24(14-16-25)23-9-5-3-6-10-23)37-47(42,46-26-11-7-4-8-12-26)44-19-32(2)31(40)33(41,20-43-32)28-18-17-27-29(34)35-21-36-38(27)28/h3-12,17-18,21-22,24-25,31,40-41H,13-16,19-20H2,1-2H3,(H,37,42)(H2,34,35,36)/t22-,24?,25?,31+,32+,33+,47?/m0/s1. The molecule has 0 amide bonds. The summed E-state index contributed by atoms with van der Waals surface area (Å²) >= 11 is 0. The molecular formula is C33H40N5O8P. The van der Waals surface area contributed by atoms with Gasteiger partial charge in [0.1, 0.15) is 41.4 Å². The van der Waals surface area contributed by atoms with Crippen molar-refractivity contribution in [2.24, 2.45) is 0 Å². The van der Waals surface area contributed by atoms with E-state index in [2.05, 4.69) is 27.3 Å². The van der Waals surface area contributed by atoms with Crippen molar-refractivity contribution in [3.05, 3.63) is 90.4 Å². The molecule has 3 heterocycles. The number of ether oxygens (including phenoxy) is 2. The summed E-state index contributed by atoms with van der Waals surface area (Å²) in [4.78, 5) is 17.1. The number of hydrogen-bond donors (Lipinski definition) is 4. The maximum absolute atomic E-state index is 14.2. The van der Waals surface area contributed by atoms with Crippen LogP contribution >= 0.6 is 7.75 Å². The zero-order valence-electron chi connectivity index (χ0n) is 26.3. The molecule has 47 heavy (non-hydrogen) atoms. The Morgan fingerprint density at radius 2 is 1.79 bits per heavy atom. The van der Waals surface area contributed by atoms with E-state index in [4.69, 9.17) is 24.3 Å². The zero-order chi connectivity index (χ0) is 33.2. The monoisotopic (exact) mass is 665 g/mol. The van der Waals surface area contributed by atoms with Crippen LogP contribution in [0.4, 0.5) is 5.82 Å². The summed E-state index contributed by atoms with van der Waals surface area (Å²) in [7, 11) is -4.29. The minimum absolute atomic E-state index is 0.201. The number of carbonyl (C=O) groups is 1. The number of hydrogen-bond acceptors (Lipinski definition) is 11. The number of rotatable bonds is 11. The van der Waals surface area contributed by atoms with Gasteiger partial charge in [-0.2, -0.15) is 10.2 Å². The number of aliphatic hydroxyl groups excluding tert-OH is 1. The van der Waals surface area contributed by atoms with Crippen molar-refractivity contribution in [3.8, 4) is 5.75 Å². The number of nitrogen functional groups attached to an aromatic ring is 1. The number of para-hydroxylation sites is 1. The third kappa shape index (κ3) is 6.92. The first kappa shape index (κ1) is 33.1. The van der Waals surface area contributed by atoms with E-state index >= 15 is 0 Å². The fraction of sp³-hybridized carbons (Fsp3) is 0.424. The van der Waals surface area contributed by atoms with Gasteiger partial charge in [0.25, 0.3) is 0 Å². The largest absolute Gasteiger partial charge is 0.461 e. The molecule has 1 unspecified atom stereocenters. The van der Waals surface area contributed by atoms with Gasteiger partial charge in [0.2, 0.25) is 0 Å². The molecule has 0 spiro atoms. The van der Waals surface area contributed by atoms with E-state index in [1.165, 1.54) is 30.3 Å². The molecule has 1 aliphatic heterocycles. The van der Waals surface area contributed by atoms with Crippen LogP contribution in [-0.4, -0.2) is 67.8 Å². The molecule has 2 aliphatic rings. The molecule has 1 aliphatic carbocycles. The Bertz CT molecular complexity index is 1730. The number of fused-ring (bicyclic) bond motifs is 1. The second-order valence-corrected chi connectivity index (χ2v) is 14.1. The van der Waals surface area contributed by atoms with Crippen molar-refractivity contribution in [3.63, 3.8) is 0 Å². The van der Waals surface area contributed by atoms with Crippen molar-refractivity contribution < 1.29 is 38.1 Å². The topological polar surface area (TPSA) is 180 Å². The Morgan fingerprint density at radius 1 is 1.11 bits per heavy atom. The van der Waals surface area contributed by atoms with Gasteiger partial charge < -0.3 is 29.9 Å². The third-order valence-corrected chi connectivity index (χ3v) is 10.6. The third-order valence-electron chi connectivity index (χ3n) is 9.00. The average Bonchev–Trinajstić information content (AvgIpc) is 3.62. The van der Waals surface area contributed by atoms with E-state index < -0.39 is 43.7 Å². The number of nitrogens with zero attached hydrogens (tertiary/aromatic N) is 3. The molecule has 1 saturated heterocycles. The van der Waals surface area contributed by atoms with Crippen LogP contribution in [0, 0.1) is 0 Å². The van der Waals surface area contributed by atoms with E-state index in [0.717, 1.165) is 25.7 Å². The summed E-state index contributed by atoms with van der Waals surface area (Å²) in [5, 5.41) is 29.9. The van der Waals surface area contributed by atoms with Crippen molar-refractivity contribution in [1.29, 1.82) is 0 Å². The molecule has 5 atom stereocenters. The number of aromatic nitrogens is 3. The first-order chi connectivity index (χ1) is 22.5. The van der Waals surface area contributed by atoms with Gasteiger partial charge in [0, 0.05) is 0 Å². The highest BCUT2D eigenvalue weighted by Gasteiger charge is 2.58. The van der Waals surface area contributed by atoms with Gasteiger partial charge >= 0.3 is 13.7 Å². The van der Waals surface area contributed by atoms with Crippen LogP contribution in [0.25, 0.3) is 5.52 Å². The molecule has 0 radical (unpaired) electrons. The second-order valence-electron chi connectivity index (χ2n) is 12.4. The molecule has 2 fully saturated rings. The molecule has 13 nitrogen and oxygen atoms in total. The van der Waals surface area contributed by atoms with Crippen LogP contribution in [0.3, 0.4) is 0 Å². The number of aliphatic hydroxyl groups is 2. The number of anilines is 1. The zero-order valence-corrected chi connectivity index (χ0v) is 27.2. The van der Waals surface area contributed by atoms with Gasteiger partial charge in [-0.25, -0.2) is 14.1 Å². The lowest BCUT2D eigenvalue weighted by Crippen LogP contribution is -2.50. The van der Waals surface area contributed by atoms with E-state index in [-0.39, 0.29) is 30.0 Å². The van der Waals surface area contributed by atoms with Crippen molar-refractivity contribution in [2.45, 2.75) is 74.9 Å². The van der Waals surface area contributed by atoms with E-state index in [9.17, 15) is 19.6 Å². The van der Waals surface area contributed by atoms with Gasteiger partial charge in [-0.05, 0) is 75.3 Å². The Hall–Kier alpha value is -3.84. The van der Waals surface area contributed by atoms with Crippen molar-refractivity contribution >= 4 is 25.1 Å². The summed E-state index contributed by atoms with van der Waals surface area (Å²) in [5.41, 5.74) is 4.45. The van der Waals surface area contributed by atoms with Crippen LogP contribution in [0.15, 0.2) is 79.1 Å². The predicted octanol–water partition coefficient (Wildman–Crippen LogP) is 4.10. The summed E-state index contributed by atoms with van der Waals surface area (Å²) in [6.07, 6.45) is 2.67. The smallest absolute Gasteiger partial charge is 0.459 e. The number of nitrogens with one attached hydrogen (secondary N) is 1. The van der Waals surface area contributed by atoms with Gasteiger partial charge in [-0.1, -0.05) is 48.5 Å². The van der Waals surface area contributed by atoms with Crippen molar-refractivity contribution in [1.82, 2.24) is 19.7 Å². The van der Waals surface area contributed by atoms with Crippen LogP contribution in [0.2, 0.25) is 0 Å². The summed E-state index contributed by atoms with van der Waals surface area (Å²) in [6, 6.07) is 20.8. The normalized spacial score (nSPS) is 28.0. The molecule has 2 aromatic heterocycles. The van der Waals surface area contributed by atoms with E-state index in [1.807, 2.05) is 18.2 Å². The van der Waals surface area contributed by atoms with Crippen LogP contribution in [0.1, 0.15) is 56.7 Å². The summed E-state index contributed by atoms with van der Waals surface area (Å²) in [5.74, 6) is 0.263. The Kier molecular flexibility index (Phi) is 9.39. The fourth-order valence-corrected chi connectivity index (χ4v) is 7.86. The first-order valence-corrected chi connectivity index (χ1v) is 17.2. The van der Waals surface area contributed by atoms with Gasteiger partial charge in [-0.15, -0.1) is 0 Å². The molecule has 5 N–H and O–H groups in total. The fourth-order valence-electron chi connectivity index (χ4n) is 6.27. The van der Waals surface area contributed by atoms with Crippen molar-refractivity contribution in [2.75, 3.05) is 18.9 Å². The highest BCUT2D eigenvalue weighted by molar-refractivity contribution is 7.52. The lowest BCUT2D eigenvalue weighted by Gasteiger charge is -2.33.